The second-order valence-electron chi connectivity index (χ2n) is 5.76. The van der Waals surface area contributed by atoms with E-state index in [2.05, 4.69) is 20.8 Å². The van der Waals surface area contributed by atoms with E-state index in [1.165, 1.54) is 12.1 Å². The number of hydrogen-bond donors (Lipinski definition) is 1. The molecule has 2 rings (SSSR count). The predicted molar refractivity (Wildman–Crippen MR) is 73.7 cm³/mol. The molecule has 1 aliphatic rings. The smallest absolute Gasteiger partial charge is 0.128 e. The molecule has 1 N–H and O–H groups in total. The number of benzene rings is 1. The number of halogens is 1. The van der Waals surface area contributed by atoms with Crippen molar-refractivity contribution in [3.8, 4) is 5.75 Å². The van der Waals surface area contributed by atoms with Crippen LogP contribution in [0.25, 0.3) is 0 Å². The lowest BCUT2D eigenvalue weighted by atomic mass is 9.80. The highest BCUT2D eigenvalue weighted by molar-refractivity contribution is 5.38. The number of aliphatic hydroxyl groups is 1. The van der Waals surface area contributed by atoms with Crippen molar-refractivity contribution in [1.82, 2.24) is 0 Å². The summed E-state index contributed by atoms with van der Waals surface area (Å²) in [7, 11) is 0. The van der Waals surface area contributed by atoms with Crippen LogP contribution in [0.2, 0.25) is 0 Å². The van der Waals surface area contributed by atoms with Gasteiger partial charge in [-0.25, -0.2) is 4.39 Å². The van der Waals surface area contributed by atoms with Gasteiger partial charge in [-0.1, -0.05) is 27.2 Å². The van der Waals surface area contributed by atoms with Gasteiger partial charge in [-0.05, 0) is 30.9 Å². The summed E-state index contributed by atoms with van der Waals surface area (Å²) in [5.41, 5.74) is 0.338. The zero-order valence-corrected chi connectivity index (χ0v) is 11.9. The van der Waals surface area contributed by atoms with Gasteiger partial charge < -0.3 is 9.84 Å². The topological polar surface area (TPSA) is 29.5 Å². The number of aliphatic hydroxyl groups excluding tert-OH is 1. The van der Waals surface area contributed by atoms with Gasteiger partial charge in [-0.3, -0.25) is 0 Å². The molecule has 3 unspecified atom stereocenters. The maximum absolute atomic E-state index is 13.3. The van der Waals surface area contributed by atoms with Crippen molar-refractivity contribution in [2.45, 2.75) is 58.2 Å². The molecule has 0 radical (unpaired) electrons. The van der Waals surface area contributed by atoms with Crippen molar-refractivity contribution in [2.24, 2.45) is 5.92 Å². The molecule has 1 aliphatic heterocycles. The van der Waals surface area contributed by atoms with Gasteiger partial charge in [0, 0.05) is 18.1 Å². The summed E-state index contributed by atoms with van der Waals surface area (Å²) in [5.74, 6) is 0.715. The van der Waals surface area contributed by atoms with Crippen molar-refractivity contribution in [3.05, 3.63) is 29.6 Å². The molecule has 0 saturated heterocycles. The molecular weight excluding hydrogens is 243 g/mol. The van der Waals surface area contributed by atoms with E-state index in [-0.39, 0.29) is 11.4 Å². The SMILES string of the molecule is CCC(C)CC1(CC)CC(O)c2ccc(F)cc2O1. The van der Waals surface area contributed by atoms with E-state index >= 15 is 0 Å². The van der Waals surface area contributed by atoms with E-state index in [1.54, 1.807) is 6.07 Å². The van der Waals surface area contributed by atoms with E-state index in [1.807, 2.05) is 0 Å². The predicted octanol–water partition coefficient (Wildman–Crippen LogP) is 4.23. The zero-order chi connectivity index (χ0) is 14.0. The number of fused-ring (bicyclic) bond motifs is 1. The molecule has 0 bridgehead atoms. The third-order valence-electron chi connectivity index (χ3n) is 4.29. The molecule has 0 spiro atoms. The van der Waals surface area contributed by atoms with Crippen LogP contribution in [0.15, 0.2) is 18.2 Å². The van der Waals surface area contributed by atoms with Crippen molar-refractivity contribution in [2.75, 3.05) is 0 Å². The molecule has 0 aliphatic carbocycles. The fourth-order valence-electron chi connectivity index (χ4n) is 2.87. The lowest BCUT2D eigenvalue weighted by molar-refractivity contribution is -0.0321. The van der Waals surface area contributed by atoms with Crippen LogP contribution in [0.1, 0.15) is 58.1 Å². The van der Waals surface area contributed by atoms with Gasteiger partial charge in [0.25, 0.3) is 0 Å². The third kappa shape index (κ3) is 2.92. The van der Waals surface area contributed by atoms with Crippen LogP contribution in [0.3, 0.4) is 0 Å². The molecule has 2 nitrogen and oxygen atoms in total. The Kier molecular flexibility index (Phi) is 4.14. The molecule has 106 valence electrons. The average Bonchev–Trinajstić information content (AvgIpc) is 2.38. The first kappa shape index (κ1) is 14.3. The quantitative estimate of drug-likeness (QED) is 0.883. The van der Waals surface area contributed by atoms with Gasteiger partial charge in [0.05, 0.1) is 6.10 Å². The molecule has 1 heterocycles. The van der Waals surface area contributed by atoms with Crippen LogP contribution in [-0.4, -0.2) is 10.7 Å². The van der Waals surface area contributed by atoms with Crippen LogP contribution in [-0.2, 0) is 0 Å². The average molecular weight is 266 g/mol. The van der Waals surface area contributed by atoms with E-state index in [0.717, 1.165) is 19.3 Å². The summed E-state index contributed by atoms with van der Waals surface area (Å²) in [4.78, 5) is 0. The Balaban J connectivity index is 2.30. The third-order valence-corrected chi connectivity index (χ3v) is 4.29. The van der Waals surface area contributed by atoms with Gasteiger partial charge in [-0.15, -0.1) is 0 Å². The Morgan fingerprint density at radius 2 is 2.21 bits per heavy atom. The molecule has 1 aromatic rings. The Bertz CT molecular complexity index is 446. The van der Waals surface area contributed by atoms with E-state index in [0.29, 0.717) is 23.7 Å². The summed E-state index contributed by atoms with van der Waals surface area (Å²) in [6.07, 6.45) is 2.83. The van der Waals surface area contributed by atoms with Crippen LogP contribution in [0.4, 0.5) is 4.39 Å². The number of rotatable bonds is 4. The first-order valence-corrected chi connectivity index (χ1v) is 7.16. The Morgan fingerprint density at radius 3 is 2.84 bits per heavy atom. The summed E-state index contributed by atoms with van der Waals surface area (Å²) < 4.78 is 19.4. The summed E-state index contributed by atoms with van der Waals surface area (Å²) in [6.45, 7) is 6.41. The molecule has 0 saturated carbocycles. The molecular formula is C16H23FO2. The highest BCUT2D eigenvalue weighted by atomic mass is 19.1. The minimum absolute atomic E-state index is 0.318. The van der Waals surface area contributed by atoms with Crippen LogP contribution in [0, 0.1) is 11.7 Å². The molecule has 0 fully saturated rings. The van der Waals surface area contributed by atoms with Crippen LogP contribution >= 0.6 is 0 Å². The Labute approximate surface area is 114 Å². The maximum atomic E-state index is 13.3. The van der Waals surface area contributed by atoms with Gasteiger partial charge in [0.2, 0.25) is 0 Å². The summed E-state index contributed by atoms with van der Waals surface area (Å²) >= 11 is 0. The van der Waals surface area contributed by atoms with Gasteiger partial charge in [-0.2, -0.15) is 0 Å². The van der Waals surface area contributed by atoms with Gasteiger partial charge in [0.1, 0.15) is 17.2 Å². The number of hydrogen-bond acceptors (Lipinski definition) is 2. The van der Waals surface area contributed by atoms with Crippen LogP contribution < -0.4 is 4.74 Å². The maximum Gasteiger partial charge on any atom is 0.128 e. The van der Waals surface area contributed by atoms with E-state index < -0.39 is 6.10 Å². The monoisotopic (exact) mass is 266 g/mol. The first-order chi connectivity index (χ1) is 8.99. The Hall–Kier alpha value is -1.09. The van der Waals surface area contributed by atoms with Gasteiger partial charge in [0.15, 0.2) is 0 Å². The fraction of sp³-hybridized carbons (Fsp3) is 0.625. The van der Waals surface area contributed by atoms with Crippen molar-refractivity contribution >= 4 is 0 Å². The normalized spacial score (nSPS) is 27.5. The second-order valence-corrected chi connectivity index (χ2v) is 5.76. The molecule has 0 aromatic heterocycles. The number of ether oxygens (including phenoxy) is 1. The summed E-state index contributed by atoms with van der Waals surface area (Å²) in [5, 5.41) is 10.3. The standard InChI is InChI=1S/C16H23FO2/c1-4-11(3)9-16(5-2)10-14(18)13-7-6-12(17)8-15(13)19-16/h6-8,11,14,18H,4-5,9-10H2,1-3H3. The molecule has 0 amide bonds. The first-order valence-electron chi connectivity index (χ1n) is 7.16. The lowest BCUT2D eigenvalue weighted by Crippen LogP contribution is -2.42. The highest BCUT2D eigenvalue weighted by Crippen LogP contribution is 2.44. The zero-order valence-electron chi connectivity index (χ0n) is 11.9. The van der Waals surface area contributed by atoms with Crippen molar-refractivity contribution < 1.29 is 14.2 Å². The second kappa shape index (κ2) is 5.49. The largest absolute Gasteiger partial charge is 0.487 e. The Morgan fingerprint density at radius 1 is 1.47 bits per heavy atom. The van der Waals surface area contributed by atoms with Crippen molar-refractivity contribution in [3.63, 3.8) is 0 Å². The van der Waals surface area contributed by atoms with E-state index in [9.17, 15) is 9.50 Å². The lowest BCUT2D eigenvalue weighted by Gasteiger charge is -2.41. The molecule has 19 heavy (non-hydrogen) atoms. The molecule has 1 aromatic carbocycles. The van der Waals surface area contributed by atoms with Crippen LogP contribution in [0.5, 0.6) is 5.75 Å². The molecule has 3 heteroatoms. The highest BCUT2D eigenvalue weighted by Gasteiger charge is 2.40. The van der Waals surface area contributed by atoms with E-state index in [4.69, 9.17) is 4.74 Å². The molecule has 3 atom stereocenters. The minimum atomic E-state index is -0.562. The minimum Gasteiger partial charge on any atom is -0.487 e. The van der Waals surface area contributed by atoms with Crippen molar-refractivity contribution in [1.29, 1.82) is 0 Å². The summed E-state index contributed by atoms with van der Waals surface area (Å²) in [6, 6.07) is 4.38. The van der Waals surface area contributed by atoms with Gasteiger partial charge >= 0.3 is 0 Å². The fourth-order valence-corrected chi connectivity index (χ4v) is 2.87.